The molecule has 0 aliphatic carbocycles. The van der Waals surface area contributed by atoms with Crippen molar-refractivity contribution in [2.24, 2.45) is 0 Å². The first kappa shape index (κ1) is 19.0. The van der Waals surface area contributed by atoms with Crippen molar-refractivity contribution in [2.75, 3.05) is 26.2 Å². The molecule has 1 aliphatic heterocycles. The van der Waals surface area contributed by atoms with Gasteiger partial charge in [0, 0.05) is 62.8 Å². The van der Waals surface area contributed by atoms with E-state index in [4.69, 9.17) is 0 Å². The summed E-state index contributed by atoms with van der Waals surface area (Å²) in [6.45, 7) is 5.52. The molecule has 1 aliphatic rings. The van der Waals surface area contributed by atoms with Crippen molar-refractivity contribution in [1.29, 1.82) is 0 Å². The minimum atomic E-state index is -0.0484. The molecule has 0 atom stereocenters. The normalized spacial score (nSPS) is 15.3. The number of thiazole rings is 1. The lowest BCUT2D eigenvalue weighted by molar-refractivity contribution is -0.132. The second-order valence-electron chi connectivity index (χ2n) is 7.63. The molecule has 4 aromatic heterocycles. The second kappa shape index (κ2) is 7.66. The first-order valence-corrected chi connectivity index (χ1v) is 10.8. The molecule has 0 unspecified atom stereocenters. The first-order chi connectivity index (χ1) is 14.6. The van der Waals surface area contributed by atoms with Crippen LogP contribution in [0.4, 0.5) is 0 Å². The Morgan fingerprint density at radius 3 is 2.77 bits per heavy atom. The maximum absolute atomic E-state index is 12.8. The van der Waals surface area contributed by atoms with Crippen LogP contribution in [0.15, 0.2) is 47.0 Å². The fourth-order valence-electron chi connectivity index (χ4n) is 3.91. The van der Waals surface area contributed by atoms with Gasteiger partial charge in [0.2, 0.25) is 5.91 Å². The van der Waals surface area contributed by atoms with E-state index in [0.717, 1.165) is 35.7 Å². The predicted octanol–water partition coefficient (Wildman–Crippen LogP) is 1.60. The van der Waals surface area contributed by atoms with Crippen LogP contribution < -0.4 is 5.56 Å². The highest BCUT2D eigenvalue weighted by molar-refractivity contribution is 7.15. The van der Waals surface area contributed by atoms with E-state index in [1.165, 1.54) is 11.3 Å². The van der Waals surface area contributed by atoms with Gasteiger partial charge in [-0.2, -0.15) is 0 Å². The maximum Gasteiger partial charge on any atom is 0.258 e. The van der Waals surface area contributed by atoms with Crippen LogP contribution in [-0.2, 0) is 17.8 Å². The molecule has 154 valence electrons. The van der Waals surface area contributed by atoms with E-state index in [-0.39, 0.29) is 11.5 Å². The number of fused-ring (bicyclic) bond motifs is 2. The van der Waals surface area contributed by atoms with Crippen molar-refractivity contribution in [3.05, 3.63) is 69.5 Å². The van der Waals surface area contributed by atoms with Crippen LogP contribution in [0.3, 0.4) is 0 Å². The Morgan fingerprint density at radius 1 is 1.13 bits per heavy atom. The van der Waals surface area contributed by atoms with Gasteiger partial charge in [0.15, 0.2) is 4.96 Å². The molecular formula is C21H22N6O2S. The number of nitrogens with zero attached hydrogens (tertiary/aromatic N) is 6. The first-order valence-electron chi connectivity index (χ1n) is 9.96. The summed E-state index contributed by atoms with van der Waals surface area (Å²) in [7, 11) is 0. The Morgan fingerprint density at radius 2 is 1.97 bits per heavy atom. The molecule has 0 spiro atoms. The van der Waals surface area contributed by atoms with Crippen molar-refractivity contribution in [1.82, 2.24) is 28.6 Å². The number of amides is 1. The standard InChI is InChI=1S/C21H22N6O2S/c1-15-3-2-4-26-14-17(22-20(15)26)11-18(28)25-7-5-24(6-8-25)13-16-12-19(29)27-9-10-30-21(27)23-16/h2-4,9-10,12,14H,5-8,11,13H2,1H3. The van der Waals surface area contributed by atoms with E-state index in [2.05, 4.69) is 14.9 Å². The number of aryl methyl sites for hydroxylation is 1. The summed E-state index contributed by atoms with van der Waals surface area (Å²) in [5.41, 5.74) is 3.52. The Labute approximate surface area is 177 Å². The highest BCUT2D eigenvalue weighted by Gasteiger charge is 2.22. The minimum absolute atomic E-state index is 0.0484. The molecule has 0 N–H and O–H groups in total. The van der Waals surface area contributed by atoms with Gasteiger partial charge in [-0.25, -0.2) is 9.97 Å². The van der Waals surface area contributed by atoms with Gasteiger partial charge >= 0.3 is 0 Å². The number of aromatic nitrogens is 4. The van der Waals surface area contributed by atoms with Gasteiger partial charge in [0.1, 0.15) is 5.65 Å². The maximum atomic E-state index is 12.8. The van der Waals surface area contributed by atoms with Crippen molar-refractivity contribution in [3.8, 4) is 0 Å². The van der Waals surface area contributed by atoms with Crippen molar-refractivity contribution >= 4 is 27.9 Å². The van der Waals surface area contributed by atoms with Gasteiger partial charge < -0.3 is 9.30 Å². The largest absolute Gasteiger partial charge is 0.340 e. The lowest BCUT2D eigenvalue weighted by atomic mass is 10.2. The predicted molar refractivity (Wildman–Crippen MR) is 115 cm³/mol. The zero-order chi connectivity index (χ0) is 20.7. The van der Waals surface area contributed by atoms with Crippen LogP contribution in [-0.4, -0.2) is 60.7 Å². The van der Waals surface area contributed by atoms with Crippen LogP contribution in [0, 0.1) is 6.92 Å². The molecule has 9 heteroatoms. The van der Waals surface area contributed by atoms with Crippen molar-refractivity contribution in [2.45, 2.75) is 19.9 Å². The van der Waals surface area contributed by atoms with Crippen LogP contribution in [0.25, 0.3) is 10.6 Å². The van der Waals surface area contributed by atoms with E-state index in [9.17, 15) is 9.59 Å². The van der Waals surface area contributed by atoms with Crippen LogP contribution in [0.2, 0.25) is 0 Å². The third-order valence-corrected chi connectivity index (χ3v) is 6.28. The zero-order valence-corrected chi connectivity index (χ0v) is 17.5. The summed E-state index contributed by atoms with van der Waals surface area (Å²) in [6.07, 6.45) is 5.94. The van der Waals surface area contributed by atoms with Gasteiger partial charge in [-0.05, 0) is 18.6 Å². The minimum Gasteiger partial charge on any atom is -0.340 e. The Balaban J connectivity index is 1.20. The number of pyridine rings is 1. The molecule has 0 radical (unpaired) electrons. The molecule has 4 aromatic rings. The third kappa shape index (κ3) is 3.61. The highest BCUT2D eigenvalue weighted by Crippen LogP contribution is 2.13. The molecule has 30 heavy (non-hydrogen) atoms. The number of hydrogen-bond donors (Lipinski definition) is 0. The quantitative estimate of drug-likeness (QED) is 0.499. The van der Waals surface area contributed by atoms with Crippen LogP contribution >= 0.6 is 11.3 Å². The monoisotopic (exact) mass is 422 g/mol. The molecule has 8 nitrogen and oxygen atoms in total. The number of rotatable bonds is 4. The number of carbonyl (C=O) groups excluding carboxylic acids is 1. The smallest absolute Gasteiger partial charge is 0.258 e. The van der Waals surface area contributed by atoms with E-state index in [1.807, 2.05) is 46.1 Å². The summed E-state index contributed by atoms with van der Waals surface area (Å²) in [6, 6.07) is 5.60. The van der Waals surface area contributed by atoms with Gasteiger partial charge in [0.05, 0.1) is 17.8 Å². The molecule has 5 rings (SSSR count). The number of imidazole rings is 1. The second-order valence-corrected chi connectivity index (χ2v) is 8.50. The van der Waals surface area contributed by atoms with Crippen molar-refractivity contribution < 1.29 is 4.79 Å². The SMILES string of the molecule is Cc1cccn2cc(CC(=O)N3CCN(Cc4cc(=O)n5ccsc5n4)CC3)nc12. The van der Waals surface area contributed by atoms with Gasteiger partial charge in [-0.15, -0.1) is 11.3 Å². The number of carbonyl (C=O) groups is 1. The average Bonchev–Trinajstić information content (AvgIpc) is 3.36. The number of hydrogen-bond acceptors (Lipinski definition) is 6. The fraction of sp³-hybridized carbons (Fsp3) is 0.333. The lowest BCUT2D eigenvalue weighted by Crippen LogP contribution is -2.48. The average molecular weight is 423 g/mol. The Hall–Kier alpha value is -3.04. The number of piperazine rings is 1. The molecule has 0 bridgehead atoms. The van der Waals surface area contributed by atoms with Gasteiger partial charge in [-0.1, -0.05) is 6.07 Å². The molecule has 5 heterocycles. The summed E-state index contributed by atoms with van der Waals surface area (Å²) in [5, 5.41) is 1.86. The zero-order valence-electron chi connectivity index (χ0n) is 16.7. The van der Waals surface area contributed by atoms with Gasteiger partial charge in [-0.3, -0.25) is 18.9 Å². The summed E-state index contributed by atoms with van der Waals surface area (Å²) in [4.78, 5) is 39.0. The summed E-state index contributed by atoms with van der Waals surface area (Å²) < 4.78 is 3.53. The summed E-state index contributed by atoms with van der Waals surface area (Å²) in [5.74, 6) is 0.104. The lowest BCUT2D eigenvalue weighted by Gasteiger charge is -2.34. The van der Waals surface area contributed by atoms with E-state index < -0.39 is 0 Å². The van der Waals surface area contributed by atoms with E-state index in [0.29, 0.717) is 31.0 Å². The topological polar surface area (TPSA) is 75.2 Å². The summed E-state index contributed by atoms with van der Waals surface area (Å²) >= 11 is 1.46. The fourth-order valence-corrected chi connectivity index (χ4v) is 4.65. The van der Waals surface area contributed by atoms with Crippen LogP contribution in [0.5, 0.6) is 0 Å². The molecule has 1 amide bonds. The van der Waals surface area contributed by atoms with E-state index >= 15 is 0 Å². The van der Waals surface area contributed by atoms with Gasteiger partial charge in [0.25, 0.3) is 5.56 Å². The molecule has 0 aromatic carbocycles. The third-order valence-electron chi connectivity index (χ3n) is 5.53. The van der Waals surface area contributed by atoms with Crippen molar-refractivity contribution in [3.63, 3.8) is 0 Å². The highest BCUT2D eigenvalue weighted by atomic mass is 32.1. The molecule has 0 saturated carbocycles. The molecule has 1 saturated heterocycles. The molecular weight excluding hydrogens is 400 g/mol. The Kier molecular flexibility index (Phi) is 4.84. The molecule has 1 fully saturated rings. The van der Waals surface area contributed by atoms with Crippen LogP contribution in [0.1, 0.15) is 17.0 Å². The Bertz CT molecular complexity index is 1280. The van der Waals surface area contributed by atoms with E-state index in [1.54, 1.807) is 16.7 Å².